The zero-order valence-electron chi connectivity index (χ0n) is 10.3. The fraction of sp³-hybridized carbons (Fsp3) is 0.600. The molecule has 0 saturated carbocycles. The van der Waals surface area contributed by atoms with Crippen molar-refractivity contribution < 1.29 is 0 Å². The first kappa shape index (κ1) is 10.3. The van der Waals surface area contributed by atoms with E-state index in [9.17, 15) is 0 Å². The van der Waals surface area contributed by atoms with Gasteiger partial charge in [-0.2, -0.15) is 0 Å². The van der Waals surface area contributed by atoms with Gasteiger partial charge in [0.05, 0.1) is 0 Å². The average Bonchev–Trinajstić information content (AvgIpc) is 2.30. The molecule has 1 heteroatoms. The van der Waals surface area contributed by atoms with Crippen molar-refractivity contribution in [3.05, 3.63) is 34.9 Å². The number of hydrogen-bond donors (Lipinski definition) is 1. The zero-order valence-corrected chi connectivity index (χ0v) is 10.3. The Labute approximate surface area is 98.3 Å². The van der Waals surface area contributed by atoms with Crippen molar-refractivity contribution in [3.63, 3.8) is 0 Å². The third-order valence-electron chi connectivity index (χ3n) is 4.22. The number of hydrogen-bond acceptors (Lipinski definition) is 1. The lowest BCUT2D eigenvalue weighted by molar-refractivity contribution is 0.352. The van der Waals surface area contributed by atoms with Gasteiger partial charge in [0.25, 0.3) is 0 Å². The second kappa shape index (κ2) is 3.89. The number of rotatable bonds is 1. The Balaban J connectivity index is 2.11. The molecule has 2 atom stereocenters. The largest absolute Gasteiger partial charge is 0.309 e. The summed E-state index contributed by atoms with van der Waals surface area (Å²) >= 11 is 0. The topological polar surface area (TPSA) is 12.0 Å². The van der Waals surface area contributed by atoms with Gasteiger partial charge in [-0.15, -0.1) is 0 Å². The van der Waals surface area contributed by atoms with Crippen LogP contribution in [0, 0.1) is 5.92 Å². The minimum absolute atomic E-state index is 0.573. The maximum atomic E-state index is 3.74. The first-order valence-electron chi connectivity index (χ1n) is 6.62. The SMILES string of the molecule is CC(C)C1NCC2CCCc3cccc1c32. The first-order chi connectivity index (χ1) is 7.77. The summed E-state index contributed by atoms with van der Waals surface area (Å²) in [5, 5.41) is 3.74. The van der Waals surface area contributed by atoms with Crippen LogP contribution in [0.3, 0.4) is 0 Å². The number of nitrogens with one attached hydrogen (secondary N) is 1. The smallest absolute Gasteiger partial charge is 0.0346 e. The average molecular weight is 215 g/mol. The van der Waals surface area contributed by atoms with E-state index in [-0.39, 0.29) is 0 Å². The first-order valence-corrected chi connectivity index (χ1v) is 6.62. The van der Waals surface area contributed by atoms with Gasteiger partial charge in [-0.05, 0) is 47.8 Å². The van der Waals surface area contributed by atoms with E-state index in [1.54, 1.807) is 16.7 Å². The van der Waals surface area contributed by atoms with Crippen molar-refractivity contribution in [2.45, 2.75) is 45.1 Å². The van der Waals surface area contributed by atoms with E-state index >= 15 is 0 Å². The zero-order chi connectivity index (χ0) is 11.1. The highest BCUT2D eigenvalue weighted by atomic mass is 14.9. The van der Waals surface area contributed by atoms with Gasteiger partial charge >= 0.3 is 0 Å². The van der Waals surface area contributed by atoms with Crippen LogP contribution in [0.2, 0.25) is 0 Å². The third-order valence-corrected chi connectivity index (χ3v) is 4.22. The fourth-order valence-corrected chi connectivity index (χ4v) is 3.48. The van der Waals surface area contributed by atoms with E-state index in [4.69, 9.17) is 0 Å². The predicted molar refractivity (Wildman–Crippen MR) is 67.7 cm³/mol. The Morgan fingerprint density at radius 3 is 3.00 bits per heavy atom. The van der Waals surface area contributed by atoms with Crippen molar-refractivity contribution in [2.75, 3.05) is 6.54 Å². The van der Waals surface area contributed by atoms with Gasteiger partial charge in [0.2, 0.25) is 0 Å². The third kappa shape index (κ3) is 1.49. The van der Waals surface area contributed by atoms with E-state index in [1.807, 2.05) is 0 Å². The summed E-state index contributed by atoms with van der Waals surface area (Å²) in [4.78, 5) is 0. The van der Waals surface area contributed by atoms with E-state index < -0.39 is 0 Å². The molecule has 3 rings (SSSR count). The van der Waals surface area contributed by atoms with Crippen molar-refractivity contribution in [1.82, 2.24) is 5.32 Å². The molecule has 0 fully saturated rings. The van der Waals surface area contributed by atoms with Gasteiger partial charge < -0.3 is 5.32 Å². The highest BCUT2D eigenvalue weighted by Gasteiger charge is 2.31. The van der Waals surface area contributed by atoms with Crippen LogP contribution in [0.1, 0.15) is 55.3 Å². The molecule has 1 heterocycles. The van der Waals surface area contributed by atoms with Crippen molar-refractivity contribution in [1.29, 1.82) is 0 Å². The quantitative estimate of drug-likeness (QED) is 0.757. The van der Waals surface area contributed by atoms with Crippen LogP contribution >= 0.6 is 0 Å². The van der Waals surface area contributed by atoms with E-state index in [1.165, 1.54) is 25.8 Å². The molecular weight excluding hydrogens is 194 g/mol. The molecule has 2 unspecified atom stereocenters. The standard InChI is InChI=1S/C15H21N/c1-10(2)15-13-8-4-6-11-5-3-7-12(9-16-15)14(11)13/h4,6,8,10,12,15-16H,3,5,7,9H2,1-2H3. The maximum Gasteiger partial charge on any atom is 0.0346 e. The van der Waals surface area contributed by atoms with Gasteiger partial charge in [-0.1, -0.05) is 32.0 Å². The lowest BCUT2D eigenvalue weighted by atomic mass is 9.74. The highest BCUT2D eigenvalue weighted by molar-refractivity contribution is 5.43. The van der Waals surface area contributed by atoms with Gasteiger partial charge in [-0.25, -0.2) is 0 Å². The monoisotopic (exact) mass is 215 g/mol. The Bertz CT molecular complexity index is 394. The van der Waals surface area contributed by atoms with Crippen LogP contribution in [0.25, 0.3) is 0 Å². The molecule has 1 aliphatic heterocycles. The molecule has 86 valence electrons. The Hall–Kier alpha value is -0.820. The molecule has 1 nitrogen and oxygen atoms in total. The molecule has 0 amide bonds. The number of benzene rings is 1. The van der Waals surface area contributed by atoms with Crippen molar-refractivity contribution >= 4 is 0 Å². The number of aryl methyl sites for hydroxylation is 1. The highest BCUT2D eigenvalue weighted by Crippen LogP contribution is 2.41. The predicted octanol–water partition coefficient (Wildman–Crippen LogP) is 3.41. The minimum Gasteiger partial charge on any atom is -0.309 e. The second-order valence-electron chi connectivity index (χ2n) is 5.64. The van der Waals surface area contributed by atoms with Gasteiger partial charge in [-0.3, -0.25) is 0 Å². The molecule has 0 spiro atoms. The Morgan fingerprint density at radius 2 is 2.19 bits per heavy atom. The molecule has 0 aromatic heterocycles. The maximum absolute atomic E-state index is 3.74. The Kier molecular flexibility index (Phi) is 2.51. The normalized spacial score (nSPS) is 27.9. The van der Waals surface area contributed by atoms with E-state index in [0.29, 0.717) is 12.0 Å². The molecule has 1 N–H and O–H groups in total. The van der Waals surface area contributed by atoms with Gasteiger partial charge in [0, 0.05) is 12.6 Å². The summed E-state index contributed by atoms with van der Waals surface area (Å²) in [6.45, 7) is 5.83. The lowest BCUT2D eigenvalue weighted by Crippen LogP contribution is -2.37. The summed E-state index contributed by atoms with van der Waals surface area (Å²) < 4.78 is 0. The molecule has 1 aromatic rings. The van der Waals surface area contributed by atoms with Crippen LogP contribution in [0.15, 0.2) is 18.2 Å². The second-order valence-corrected chi connectivity index (χ2v) is 5.64. The molecule has 0 radical (unpaired) electrons. The summed E-state index contributed by atoms with van der Waals surface area (Å²) in [5.74, 6) is 1.48. The van der Waals surface area contributed by atoms with Crippen LogP contribution in [0.4, 0.5) is 0 Å². The summed E-state index contributed by atoms with van der Waals surface area (Å²) in [7, 11) is 0. The van der Waals surface area contributed by atoms with Crippen LogP contribution in [-0.4, -0.2) is 6.54 Å². The minimum atomic E-state index is 0.573. The van der Waals surface area contributed by atoms with Gasteiger partial charge in [0.1, 0.15) is 0 Å². The molecule has 1 aromatic carbocycles. The van der Waals surface area contributed by atoms with Gasteiger partial charge in [0.15, 0.2) is 0 Å². The molecular formula is C15H21N. The summed E-state index contributed by atoms with van der Waals surface area (Å²) in [6.07, 6.45) is 4.04. The van der Waals surface area contributed by atoms with Crippen LogP contribution in [-0.2, 0) is 6.42 Å². The summed E-state index contributed by atoms with van der Waals surface area (Å²) in [5.41, 5.74) is 4.91. The fourth-order valence-electron chi connectivity index (χ4n) is 3.48. The van der Waals surface area contributed by atoms with Crippen LogP contribution in [0.5, 0.6) is 0 Å². The van der Waals surface area contributed by atoms with Crippen molar-refractivity contribution in [2.24, 2.45) is 5.92 Å². The molecule has 1 aliphatic carbocycles. The molecule has 2 aliphatic rings. The lowest BCUT2D eigenvalue weighted by Gasteiger charge is -2.38. The molecule has 16 heavy (non-hydrogen) atoms. The van der Waals surface area contributed by atoms with Crippen molar-refractivity contribution in [3.8, 4) is 0 Å². The summed E-state index contributed by atoms with van der Waals surface area (Å²) in [6, 6.07) is 7.50. The van der Waals surface area contributed by atoms with Crippen LogP contribution < -0.4 is 5.32 Å². The Morgan fingerprint density at radius 1 is 1.31 bits per heavy atom. The van der Waals surface area contributed by atoms with E-state index in [0.717, 1.165) is 5.92 Å². The molecule has 0 saturated heterocycles. The molecule has 0 bridgehead atoms. The van der Waals surface area contributed by atoms with E-state index in [2.05, 4.69) is 37.4 Å².